The van der Waals surface area contributed by atoms with E-state index in [0.29, 0.717) is 13.1 Å². The Morgan fingerprint density at radius 2 is 2.39 bits per heavy atom. The molecule has 0 spiro atoms. The van der Waals surface area contributed by atoms with Gasteiger partial charge in [0.15, 0.2) is 0 Å². The first kappa shape index (κ1) is 8.88. The lowest BCUT2D eigenvalue weighted by molar-refractivity contribution is 0.685. The average molecular weight is 243 g/mol. The van der Waals surface area contributed by atoms with Gasteiger partial charge in [-0.05, 0) is 36.2 Å². The van der Waals surface area contributed by atoms with Crippen LogP contribution in [0, 0.1) is 0 Å². The summed E-state index contributed by atoms with van der Waals surface area (Å²) in [5.74, 6) is 0. The van der Waals surface area contributed by atoms with Crippen LogP contribution < -0.4 is 5.73 Å². The van der Waals surface area contributed by atoms with Gasteiger partial charge in [0.2, 0.25) is 0 Å². The summed E-state index contributed by atoms with van der Waals surface area (Å²) < 4.78 is 16.4. The van der Waals surface area contributed by atoms with Crippen LogP contribution in [0.15, 0.2) is 37.0 Å². The van der Waals surface area contributed by atoms with Crippen molar-refractivity contribution in [3.05, 3.63) is 48.1 Å². The molecule has 1 aromatic carbocycles. The molecule has 0 aliphatic carbocycles. The minimum atomic E-state index is -0.124. The quantitative estimate of drug-likeness (QED) is 0.725. The number of H-pyrrole nitrogens is 1. The normalized spacial score (nSPS) is 12.7. The number of nitrogens with zero attached hydrogens (tertiary/aromatic N) is 3. The molecule has 0 atom stereocenters. The fraction of sp³-hybridized carbons (Fsp3) is 0.231. The number of rotatable bonds is 4. The Hall–Kier alpha value is -2.14. The second-order valence-corrected chi connectivity index (χ2v) is 4.20. The Morgan fingerprint density at radius 1 is 1.44 bits per heavy atom. The topological polar surface area (TPSA) is 72.5 Å². The first-order valence-corrected chi connectivity index (χ1v) is 5.84. The van der Waals surface area contributed by atoms with Gasteiger partial charge in [-0.2, -0.15) is 5.10 Å². The highest BCUT2D eigenvalue weighted by molar-refractivity contribution is 5.83. The molecule has 0 saturated carbocycles. The molecule has 2 aromatic heterocycles. The van der Waals surface area contributed by atoms with E-state index < -0.39 is 0 Å². The highest BCUT2D eigenvalue weighted by Gasteiger charge is 2.04. The Bertz CT molecular complexity index is 746. The molecule has 0 fully saturated rings. The number of hydrogen-bond acceptors (Lipinski definition) is 3. The molecule has 3 N–H and O–H groups in total. The van der Waals surface area contributed by atoms with Crippen LogP contribution in [0.1, 0.15) is 13.9 Å². The van der Waals surface area contributed by atoms with Crippen molar-refractivity contribution in [2.75, 3.05) is 6.54 Å². The first-order chi connectivity index (χ1) is 9.67. The molecule has 0 saturated heterocycles. The lowest BCUT2D eigenvalue weighted by Gasteiger charge is -2.03. The molecule has 0 unspecified atom stereocenters. The number of nitrogens with one attached hydrogen (secondary N) is 1. The third-order valence-electron chi connectivity index (χ3n) is 2.96. The van der Waals surface area contributed by atoms with Gasteiger partial charge in [-0.3, -0.25) is 0 Å². The third-order valence-corrected chi connectivity index (χ3v) is 2.96. The highest BCUT2D eigenvalue weighted by Crippen LogP contribution is 2.20. The molecule has 3 rings (SSSR count). The van der Waals surface area contributed by atoms with Gasteiger partial charge in [0.25, 0.3) is 0 Å². The molecule has 5 heteroatoms. The van der Waals surface area contributed by atoms with Crippen molar-refractivity contribution < 1.29 is 2.74 Å². The zero-order chi connectivity index (χ0) is 14.1. The third kappa shape index (κ3) is 2.00. The van der Waals surface area contributed by atoms with E-state index in [0.717, 1.165) is 22.9 Å². The summed E-state index contributed by atoms with van der Waals surface area (Å²) in [6.45, 7) is 1.05. The van der Waals surface area contributed by atoms with Crippen LogP contribution in [0.4, 0.5) is 0 Å². The molecule has 2 heterocycles. The van der Waals surface area contributed by atoms with E-state index in [9.17, 15) is 0 Å². The number of nitrogens with two attached hydrogens (primary N) is 1. The Balaban J connectivity index is 1.95. The van der Waals surface area contributed by atoms with Crippen LogP contribution in [0.25, 0.3) is 10.9 Å². The zero-order valence-electron chi connectivity index (χ0n) is 11.8. The average Bonchev–Trinajstić information content (AvgIpc) is 2.95. The Labute approximate surface area is 107 Å². The number of hydrogen-bond donors (Lipinski definition) is 2. The molecule has 0 radical (unpaired) electrons. The van der Waals surface area contributed by atoms with E-state index in [1.165, 1.54) is 10.2 Å². The molecule has 0 aliphatic heterocycles. The maximum absolute atomic E-state index is 7.63. The minimum absolute atomic E-state index is 0.00588. The van der Waals surface area contributed by atoms with Crippen LogP contribution in [0.3, 0.4) is 0 Å². The molecule has 0 bridgehead atoms. The Kier molecular flexibility index (Phi) is 2.28. The van der Waals surface area contributed by atoms with Crippen molar-refractivity contribution in [3.8, 4) is 0 Å². The molecular weight excluding hydrogens is 226 g/mol. The predicted octanol–water partition coefficient (Wildman–Crippen LogP) is 1.31. The second kappa shape index (κ2) is 4.62. The van der Waals surface area contributed by atoms with E-state index in [1.807, 2.05) is 18.3 Å². The molecule has 5 nitrogen and oxygen atoms in total. The number of fused-ring (bicyclic) bond motifs is 1. The van der Waals surface area contributed by atoms with Gasteiger partial charge in [0.1, 0.15) is 15.3 Å². The van der Waals surface area contributed by atoms with Gasteiger partial charge < -0.3 is 10.7 Å². The van der Waals surface area contributed by atoms with Crippen molar-refractivity contribution in [2.24, 2.45) is 5.73 Å². The molecule has 18 heavy (non-hydrogen) atoms. The fourth-order valence-electron chi connectivity index (χ4n) is 2.11. The van der Waals surface area contributed by atoms with E-state index in [-0.39, 0.29) is 12.6 Å². The highest BCUT2D eigenvalue weighted by atomic mass is 15.3. The van der Waals surface area contributed by atoms with Gasteiger partial charge in [0.05, 0.1) is 6.54 Å². The predicted molar refractivity (Wildman–Crippen MR) is 70.2 cm³/mol. The summed E-state index contributed by atoms with van der Waals surface area (Å²) in [5, 5.41) is 5.03. The fourth-order valence-corrected chi connectivity index (χ4v) is 2.11. The summed E-state index contributed by atoms with van der Waals surface area (Å²) >= 11 is 0. The summed E-state index contributed by atoms with van der Waals surface area (Å²) in [6.07, 6.45) is 2.69. The molecule has 3 aromatic rings. The maximum Gasteiger partial charge on any atom is 0.137 e. The van der Waals surface area contributed by atoms with Crippen molar-refractivity contribution in [2.45, 2.75) is 13.0 Å². The van der Waals surface area contributed by atoms with Crippen LogP contribution in [0.5, 0.6) is 0 Å². The minimum Gasteiger partial charge on any atom is -0.361 e. The van der Waals surface area contributed by atoms with E-state index in [4.69, 9.17) is 8.48 Å². The molecular formula is C13H15N5. The van der Waals surface area contributed by atoms with Gasteiger partial charge in [-0.1, -0.05) is 6.07 Å². The van der Waals surface area contributed by atoms with Crippen LogP contribution in [0.2, 0.25) is 0 Å². The SMILES string of the molecule is [2H]c1nc([2H])n(Cc2ccc3[nH]cc(CCN)c3c2)n1. The van der Waals surface area contributed by atoms with Gasteiger partial charge in [-0.25, -0.2) is 9.67 Å². The van der Waals surface area contributed by atoms with E-state index in [1.54, 1.807) is 0 Å². The standard InChI is InChI=1S/C13H15N5/c14-4-3-11-6-16-13-2-1-10(5-12(11)13)7-18-9-15-8-17-18/h1-2,5-6,8-9,16H,3-4,7,14H2/i8D,9D. The first-order valence-electron chi connectivity index (χ1n) is 6.84. The van der Waals surface area contributed by atoms with Gasteiger partial charge >= 0.3 is 0 Å². The number of aromatic amines is 1. The lowest BCUT2D eigenvalue weighted by Crippen LogP contribution is -2.02. The van der Waals surface area contributed by atoms with Crippen molar-refractivity contribution >= 4 is 10.9 Å². The lowest BCUT2D eigenvalue weighted by atomic mass is 10.1. The van der Waals surface area contributed by atoms with Crippen LogP contribution in [-0.2, 0) is 13.0 Å². The molecule has 0 aliphatic rings. The van der Waals surface area contributed by atoms with E-state index >= 15 is 0 Å². The van der Waals surface area contributed by atoms with Crippen molar-refractivity contribution in [3.63, 3.8) is 0 Å². The monoisotopic (exact) mass is 243 g/mol. The molecule has 0 amide bonds. The number of aromatic nitrogens is 4. The number of benzene rings is 1. The van der Waals surface area contributed by atoms with Crippen LogP contribution in [-0.4, -0.2) is 26.3 Å². The zero-order valence-corrected chi connectivity index (χ0v) is 9.85. The smallest absolute Gasteiger partial charge is 0.137 e. The van der Waals surface area contributed by atoms with Crippen molar-refractivity contribution in [1.29, 1.82) is 0 Å². The van der Waals surface area contributed by atoms with Gasteiger partial charge in [-0.15, -0.1) is 0 Å². The summed E-state index contributed by atoms with van der Waals surface area (Å²) in [7, 11) is 0. The van der Waals surface area contributed by atoms with Crippen molar-refractivity contribution in [1.82, 2.24) is 19.7 Å². The molecule has 92 valence electrons. The summed E-state index contributed by atoms with van der Waals surface area (Å²) in [4.78, 5) is 6.89. The summed E-state index contributed by atoms with van der Waals surface area (Å²) in [5.41, 5.74) is 8.90. The summed E-state index contributed by atoms with van der Waals surface area (Å²) in [6, 6.07) is 6.06. The van der Waals surface area contributed by atoms with Crippen LogP contribution >= 0.6 is 0 Å². The Morgan fingerprint density at radius 3 is 3.17 bits per heavy atom. The second-order valence-electron chi connectivity index (χ2n) is 4.20. The van der Waals surface area contributed by atoms with E-state index in [2.05, 4.69) is 21.1 Å². The largest absolute Gasteiger partial charge is 0.361 e. The maximum atomic E-state index is 7.63. The van der Waals surface area contributed by atoms with Gasteiger partial charge in [0, 0.05) is 17.1 Å².